The number of thioether (sulfide) groups is 1. The van der Waals surface area contributed by atoms with Crippen molar-refractivity contribution in [2.45, 2.75) is 24.4 Å². The highest BCUT2D eigenvalue weighted by Gasteiger charge is 2.69. The molecule has 0 radical (unpaired) electrons. The van der Waals surface area contributed by atoms with E-state index >= 15 is 0 Å². The van der Waals surface area contributed by atoms with Gasteiger partial charge in [0.05, 0.1) is 10.8 Å². The summed E-state index contributed by atoms with van der Waals surface area (Å²) < 4.78 is 0. The zero-order chi connectivity index (χ0) is 24.3. The number of nitro groups is 1. The summed E-state index contributed by atoms with van der Waals surface area (Å²) in [6.07, 6.45) is 3.16. The zero-order valence-corrected chi connectivity index (χ0v) is 19.7. The number of rotatable bonds is 4. The lowest BCUT2D eigenvalue weighted by Gasteiger charge is -2.36. The largest absolute Gasteiger partial charge is 0.324 e. The number of amides is 1. The summed E-state index contributed by atoms with van der Waals surface area (Å²) in [7, 11) is 0. The number of aromatic nitrogens is 1. The first-order chi connectivity index (χ1) is 16.9. The van der Waals surface area contributed by atoms with Crippen molar-refractivity contribution >= 4 is 34.8 Å². The number of Topliss-reactive ketones (excluding diaryl/α,β-unsaturated/α-hetero) is 1. The van der Waals surface area contributed by atoms with Crippen molar-refractivity contribution < 1.29 is 14.5 Å². The molecule has 0 bridgehead atoms. The molecule has 4 atom stereocenters. The molecule has 2 saturated heterocycles. The maximum Gasteiger partial charge on any atom is 0.269 e. The Bertz CT molecular complexity index is 1360. The smallest absolute Gasteiger partial charge is 0.269 e. The maximum absolute atomic E-state index is 14.3. The van der Waals surface area contributed by atoms with Gasteiger partial charge < -0.3 is 5.32 Å². The molecule has 3 aliphatic heterocycles. The van der Waals surface area contributed by atoms with E-state index in [0.29, 0.717) is 11.4 Å². The molecule has 2 aromatic carbocycles. The van der Waals surface area contributed by atoms with Crippen LogP contribution in [0.1, 0.15) is 33.0 Å². The topological polar surface area (TPSA) is 105 Å². The maximum atomic E-state index is 14.3. The Hall–Kier alpha value is -3.56. The average Bonchev–Trinajstić information content (AvgIpc) is 3.53. The van der Waals surface area contributed by atoms with E-state index in [-0.39, 0.29) is 29.3 Å². The van der Waals surface area contributed by atoms with E-state index in [1.54, 1.807) is 48.4 Å². The van der Waals surface area contributed by atoms with Crippen molar-refractivity contribution in [2.24, 2.45) is 5.92 Å². The second-order valence-corrected chi connectivity index (χ2v) is 10.3. The Morgan fingerprint density at radius 1 is 1.23 bits per heavy atom. The van der Waals surface area contributed by atoms with Crippen molar-refractivity contribution in [1.29, 1.82) is 0 Å². The number of hydrogen-bond donors (Lipinski definition) is 1. The van der Waals surface area contributed by atoms with Crippen LogP contribution in [0.5, 0.6) is 0 Å². The molecule has 1 N–H and O–H groups in total. The first kappa shape index (κ1) is 21.9. The van der Waals surface area contributed by atoms with E-state index in [1.165, 1.54) is 12.1 Å². The molecular formula is C26H22N4O4S. The van der Waals surface area contributed by atoms with E-state index in [1.807, 2.05) is 25.1 Å². The second kappa shape index (κ2) is 8.00. The van der Waals surface area contributed by atoms with Gasteiger partial charge in [-0.1, -0.05) is 29.8 Å². The van der Waals surface area contributed by atoms with Gasteiger partial charge in [-0.25, -0.2) is 0 Å². The van der Waals surface area contributed by atoms with Crippen LogP contribution < -0.4 is 5.32 Å². The summed E-state index contributed by atoms with van der Waals surface area (Å²) in [5.74, 6) is -0.0131. The zero-order valence-electron chi connectivity index (χ0n) is 18.9. The van der Waals surface area contributed by atoms with Crippen molar-refractivity contribution in [3.05, 3.63) is 99.4 Å². The summed E-state index contributed by atoms with van der Waals surface area (Å²) in [6, 6.07) is 15.7. The molecule has 2 fully saturated rings. The van der Waals surface area contributed by atoms with Crippen LogP contribution in [0.25, 0.3) is 0 Å². The van der Waals surface area contributed by atoms with Crippen LogP contribution >= 0.6 is 11.8 Å². The number of anilines is 1. The minimum Gasteiger partial charge on any atom is -0.324 e. The Labute approximate surface area is 205 Å². The Morgan fingerprint density at radius 3 is 2.74 bits per heavy atom. The standard InChI is InChI=1S/C26H22N4O4S/c1-15-4-9-20-19(11-15)26(25(32)28-20)23(24(31)17-3-2-10-27-12-17)22(21-13-35-14-29(21)26)16-5-7-18(8-6-16)30(33)34/h2-12,21-23H,13-14H2,1H3,(H,28,32)/t21-,22+,23-,26+/m0/s1. The van der Waals surface area contributed by atoms with Crippen molar-refractivity contribution in [1.82, 2.24) is 9.88 Å². The number of nitrogens with one attached hydrogen (secondary N) is 1. The van der Waals surface area contributed by atoms with E-state index in [4.69, 9.17) is 0 Å². The number of nitrogens with zero attached hydrogens (tertiary/aromatic N) is 3. The van der Waals surface area contributed by atoms with Gasteiger partial charge in [-0.2, -0.15) is 0 Å². The van der Waals surface area contributed by atoms with Gasteiger partial charge >= 0.3 is 0 Å². The van der Waals surface area contributed by atoms with Crippen LogP contribution in [0, 0.1) is 23.0 Å². The number of hydrogen-bond acceptors (Lipinski definition) is 7. The highest BCUT2D eigenvalue weighted by molar-refractivity contribution is 7.99. The predicted octanol–water partition coefficient (Wildman–Crippen LogP) is 4.12. The molecule has 0 saturated carbocycles. The van der Waals surface area contributed by atoms with Crippen LogP contribution in [-0.2, 0) is 10.3 Å². The Kier molecular flexibility index (Phi) is 5.01. The van der Waals surface area contributed by atoms with Crippen LogP contribution in [-0.4, -0.2) is 44.2 Å². The third-order valence-electron chi connectivity index (χ3n) is 7.49. The van der Waals surface area contributed by atoms with E-state index in [9.17, 15) is 19.7 Å². The van der Waals surface area contributed by atoms with Crippen LogP contribution in [0.2, 0.25) is 0 Å². The molecule has 9 heteroatoms. The summed E-state index contributed by atoms with van der Waals surface area (Å²) in [5, 5.41) is 14.3. The third-order valence-corrected chi connectivity index (χ3v) is 8.53. The number of aryl methyl sites for hydroxylation is 1. The summed E-state index contributed by atoms with van der Waals surface area (Å²) >= 11 is 1.74. The van der Waals surface area contributed by atoms with Crippen LogP contribution in [0.15, 0.2) is 67.0 Å². The van der Waals surface area contributed by atoms with Crippen LogP contribution in [0.3, 0.4) is 0 Å². The molecular weight excluding hydrogens is 464 g/mol. The lowest BCUT2D eigenvalue weighted by Crippen LogP contribution is -2.52. The number of ketones is 1. The first-order valence-electron chi connectivity index (χ1n) is 11.4. The molecule has 176 valence electrons. The highest BCUT2D eigenvalue weighted by atomic mass is 32.2. The number of pyridine rings is 1. The van der Waals surface area contributed by atoms with E-state index in [0.717, 1.165) is 28.1 Å². The fraction of sp³-hybridized carbons (Fsp3) is 0.269. The lowest BCUT2D eigenvalue weighted by molar-refractivity contribution is -0.384. The highest BCUT2D eigenvalue weighted by Crippen LogP contribution is 2.61. The lowest BCUT2D eigenvalue weighted by atomic mass is 9.69. The quantitative estimate of drug-likeness (QED) is 0.336. The van der Waals surface area contributed by atoms with Gasteiger partial charge in [0.1, 0.15) is 5.54 Å². The molecule has 35 heavy (non-hydrogen) atoms. The minimum absolute atomic E-state index is 0.00571. The monoisotopic (exact) mass is 486 g/mol. The van der Waals surface area contributed by atoms with Gasteiger partial charge in [-0.05, 0) is 30.7 Å². The number of non-ortho nitro benzene ring substituents is 1. The molecule has 4 heterocycles. The number of carbonyl (C=O) groups excluding carboxylic acids is 2. The average molecular weight is 487 g/mol. The fourth-order valence-corrected chi connectivity index (χ4v) is 7.40. The summed E-state index contributed by atoms with van der Waals surface area (Å²) in [6.45, 7) is 1.98. The molecule has 1 spiro atoms. The van der Waals surface area contributed by atoms with Gasteiger partial charge in [0.2, 0.25) is 5.91 Å². The number of benzene rings is 2. The number of carbonyl (C=O) groups is 2. The summed E-state index contributed by atoms with van der Waals surface area (Å²) in [4.78, 5) is 45.4. The second-order valence-electron chi connectivity index (χ2n) is 9.26. The predicted molar refractivity (Wildman–Crippen MR) is 132 cm³/mol. The fourth-order valence-electron chi connectivity index (χ4n) is 6.07. The van der Waals surface area contributed by atoms with Crippen molar-refractivity contribution in [2.75, 3.05) is 16.9 Å². The molecule has 8 nitrogen and oxygen atoms in total. The van der Waals surface area contributed by atoms with Crippen molar-refractivity contribution in [3.8, 4) is 0 Å². The van der Waals surface area contributed by atoms with Crippen LogP contribution in [0.4, 0.5) is 11.4 Å². The molecule has 1 aromatic heterocycles. The first-order valence-corrected chi connectivity index (χ1v) is 12.5. The van der Waals surface area contributed by atoms with Gasteiger partial charge in [0.15, 0.2) is 5.78 Å². The molecule has 6 rings (SSSR count). The third kappa shape index (κ3) is 3.08. The minimum atomic E-state index is -1.17. The van der Waals surface area contributed by atoms with Gasteiger partial charge in [0, 0.05) is 64.9 Å². The SMILES string of the molecule is Cc1ccc2c(c1)[C@]1(C(=O)N2)[C@H](C(=O)c2cccnc2)[C@H](c2ccc([N+](=O)[O-])cc2)[C@@H]2CSCN21. The number of fused-ring (bicyclic) bond motifs is 4. The molecule has 0 aliphatic carbocycles. The summed E-state index contributed by atoms with van der Waals surface area (Å²) in [5.41, 5.74) is 2.65. The molecule has 1 amide bonds. The van der Waals surface area contributed by atoms with E-state index < -0.39 is 16.4 Å². The number of nitro benzene ring substituents is 1. The normalized spacial score (nSPS) is 27.0. The van der Waals surface area contributed by atoms with E-state index in [2.05, 4.69) is 15.2 Å². The van der Waals surface area contributed by atoms with Gasteiger partial charge in [0.25, 0.3) is 5.69 Å². The molecule has 0 unspecified atom stereocenters. The van der Waals surface area contributed by atoms with Gasteiger partial charge in [-0.15, -0.1) is 11.8 Å². The Balaban J connectivity index is 1.60. The van der Waals surface area contributed by atoms with Crippen molar-refractivity contribution in [3.63, 3.8) is 0 Å². The molecule has 3 aliphatic rings. The van der Waals surface area contributed by atoms with Gasteiger partial charge in [-0.3, -0.25) is 29.6 Å². The Morgan fingerprint density at radius 2 is 2.03 bits per heavy atom. The molecule has 3 aromatic rings.